The number of hydrogen-bond donors (Lipinski definition) is 1. The van der Waals surface area contributed by atoms with Crippen molar-refractivity contribution in [2.24, 2.45) is 0 Å². The largest absolute Gasteiger partial charge is 0.450 e. The van der Waals surface area contributed by atoms with Crippen molar-refractivity contribution in [3.63, 3.8) is 0 Å². The van der Waals surface area contributed by atoms with Gasteiger partial charge in [-0.25, -0.2) is 4.79 Å². The van der Waals surface area contributed by atoms with Crippen molar-refractivity contribution in [3.05, 3.63) is 29.6 Å². The number of hydrogen-bond acceptors (Lipinski definition) is 5. The van der Waals surface area contributed by atoms with Crippen LogP contribution in [0.4, 0.5) is 4.79 Å². The molecule has 0 radical (unpaired) electrons. The van der Waals surface area contributed by atoms with E-state index in [1.807, 2.05) is 0 Å². The summed E-state index contributed by atoms with van der Waals surface area (Å²) in [6, 6.07) is 3.18. The summed E-state index contributed by atoms with van der Waals surface area (Å²) in [4.78, 5) is 44.6. The van der Waals surface area contributed by atoms with E-state index < -0.39 is 0 Å². The maximum absolute atomic E-state index is 12.6. The lowest BCUT2D eigenvalue weighted by Gasteiger charge is -2.31. The van der Waals surface area contributed by atoms with Crippen molar-refractivity contribution >= 4 is 17.9 Å². The topological polar surface area (TPSA) is 91.8 Å². The minimum absolute atomic E-state index is 0.00686. The zero-order chi connectivity index (χ0) is 19.9. The minimum Gasteiger partial charge on any atom is -0.450 e. The van der Waals surface area contributed by atoms with Gasteiger partial charge in [0.25, 0.3) is 11.8 Å². The second-order valence-electron chi connectivity index (χ2n) is 7.22. The van der Waals surface area contributed by atoms with Gasteiger partial charge >= 0.3 is 6.09 Å². The number of aromatic nitrogens is 1. The number of piperidine rings is 2. The molecule has 0 spiro atoms. The lowest BCUT2D eigenvalue weighted by Crippen LogP contribution is -2.46. The van der Waals surface area contributed by atoms with Gasteiger partial charge in [0.15, 0.2) is 0 Å². The highest BCUT2D eigenvalue weighted by molar-refractivity contribution is 5.98. The molecule has 0 aliphatic carbocycles. The maximum atomic E-state index is 12.6. The Kier molecular flexibility index (Phi) is 6.84. The van der Waals surface area contributed by atoms with Gasteiger partial charge in [-0.3, -0.25) is 14.6 Å². The van der Waals surface area contributed by atoms with Crippen LogP contribution >= 0.6 is 0 Å². The molecule has 2 aliphatic rings. The summed E-state index contributed by atoms with van der Waals surface area (Å²) in [6.07, 6.45) is 5.73. The van der Waals surface area contributed by atoms with Crippen molar-refractivity contribution in [1.29, 1.82) is 0 Å². The normalized spacial score (nSPS) is 17.9. The standard InChI is InChI=1S/C20H28N4O4/c1-2-28-20(27)24-12-7-16(8-13-24)22-18(25)15-6-9-21-17(14-15)19(26)23-10-4-3-5-11-23/h6,9,14,16H,2-5,7-8,10-13H2,1H3,(H,22,25). The first-order valence-corrected chi connectivity index (χ1v) is 10.1. The Hall–Kier alpha value is -2.64. The van der Waals surface area contributed by atoms with E-state index in [9.17, 15) is 14.4 Å². The molecular formula is C20H28N4O4. The SMILES string of the molecule is CCOC(=O)N1CCC(NC(=O)c2ccnc(C(=O)N3CCCCC3)c2)CC1. The van der Waals surface area contributed by atoms with Gasteiger partial charge < -0.3 is 19.9 Å². The summed E-state index contributed by atoms with van der Waals surface area (Å²) in [5.74, 6) is -0.332. The fourth-order valence-corrected chi connectivity index (χ4v) is 3.64. The van der Waals surface area contributed by atoms with Crippen LogP contribution in [0.3, 0.4) is 0 Å². The fraction of sp³-hybridized carbons (Fsp3) is 0.600. The molecule has 1 aromatic rings. The Labute approximate surface area is 165 Å². The van der Waals surface area contributed by atoms with Crippen LogP contribution < -0.4 is 5.32 Å². The van der Waals surface area contributed by atoms with Gasteiger partial charge in [-0.2, -0.15) is 0 Å². The number of ether oxygens (including phenoxy) is 1. The summed E-state index contributed by atoms with van der Waals surface area (Å²) >= 11 is 0. The third-order valence-electron chi connectivity index (χ3n) is 5.24. The Morgan fingerprint density at radius 1 is 1.11 bits per heavy atom. The van der Waals surface area contributed by atoms with Crippen molar-refractivity contribution in [1.82, 2.24) is 20.1 Å². The zero-order valence-electron chi connectivity index (χ0n) is 16.4. The number of nitrogens with one attached hydrogen (secondary N) is 1. The average molecular weight is 388 g/mol. The lowest BCUT2D eigenvalue weighted by atomic mass is 10.0. The molecule has 28 heavy (non-hydrogen) atoms. The zero-order valence-corrected chi connectivity index (χ0v) is 16.4. The molecule has 3 heterocycles. The van der Waals surface area contributed by atoms with Crippen LogP contribution in [0.1, 0.15) is 59.9 Å². The van der Waals surface area contributed by atoms with Gasteiger partial charge in [0.1, 0.15) is 5.69 Å². The number of nitrogens with zero attached hydrogens (tertiary/aromatic N) is 3. The van der Waals surface area contributed by atoms with Crippen LogP contribution in [-0.4, -0.2) is 71.5 Å². The van der Waals surface area contributed by atoms with Gasteiger partial charge in [0.2, 0.25) is 0 Å². The molecular weight excluding hydrogens is 360 g/mol. The highest BCUT2D eigenvalue weighted by atomic mass is 16.6. The van der Waals surface area contributed by atoms with Crippen LogP contribution in [-0.2, 0) is 4.74 Å². The summed E-state index contributed by atoms with van der Waals surface area (Å²) in [6.45, 7) is 4.74. The number of carbonyl (C=O) groups excluding carboxylic acids is 3. The van der Waals surface area contributed by atoms with Gasteiger partial charge in [0.05, 0.1) is 6.61 Å². The number of carbonyl (C=O) groups is 3. The molecule has 0 unspecified atom stereocenters. The monoisotopic (exact) mass is 388 g/mol. The van der Waals surface area contributed by atoms with Crippen LogP contribution in [0.5, 0.6) is 0 Å². The van der Waals surface area contributed by atoms with Crippen LogP contribution in [0.25, 0.3) is 0 Å². The van der Waals surface area contributed by atoms with Gasteiger partial charge in [-0.05, 0) is 51.2 Å². The molecule has 3 amide bonds. The number of amides is 3. The minimum atomic E-state index is -0.303. The summed E-state index contributed by atoms with van der Waals surface area (Å²) < 4.78 is 5.01. The molecule has 8 heteroatoms. The van der Waals surface area contributed by atoms with Crippen LogP contribution in [0.2, 0.25) is 0 Å². The second-order valence-corrected chi connectivity index (χ2v) is 7.22. The summed E-state index contributed by atoms with van der Waals surface area (Å²) in [7, 11) is 0. The molecule has 2 saturated heterocycles. The third kappa shape index (κ3) is 4.99. The van der Waals surface area contributed by atoms with Gasteiger partial charge in [-0.15, -0.1) is 0 Å². The molecule has 1 N–H and O–H groups in total. The Balaban J connectivity index is 1.55. The van der Waals surface area contributed by atoms with E-state index in [1.165, 1.54) is 6.20 Å². The molecule has 2 aliphatic heterocycles. The summed E-state index contributed by atoms with van der Waals surface area (Å²) in [5, 5.41) is 3.00. The Morgan fingerprint density at radius 2 is 1.82 bits per heavy atom. The van der Waals surface area contributed by atoms with Crippen molar-refractivity contribution in [2.45, 2.75) is 45.1 Å². The Morgan fingerprint density at radius 3 is 2.50 bits per heavy atom. The third-order valence-corrected chi connectivity index (χ3v) is 5.24. The van der Waals surface area contributed by atoms with E-state index >= 15 is 0 Å². The quantitative estimate of drug-likeness (QED) is 0.852. The van der Waals surface area contributed by atoms with E-state index in [1.54, 1.807) is 28.9 Å². The van der Waals surface area contributed by atoms with Crippen molar-refractivity contribution in [3.8, 4) is 0 Å². The predicted molar refractivity (Wildman–Crippen MR) is 103 cm³/mol. The molecule has 2 fully saturated rings. The summed E-state index contributed by atoms with van der Waals surface area (Å²) in [5.41, 5.74) is 0.745. The van der Waals surface area contributed by atoms with Crippen LogP contribution in [0.15, 0.2) is 18.3 Å². The molecule has 0 atom stereocenters. The first kappa shape index (κ1) is 20.1. The highest BCUT2D eigenvalue weighted by Gasteiger charge is 2.25. The van der Waals surface area contributed by atoms with E-state index in [4.69, 9.17) is 4.74 Å². The second kappa shape index (κ2) is 9.52. The molecule has 0 bridgehead atoms. The molecule has 8 nitrogen and oxygen atoms in total. The fourth-order valence-electron chi connectivity index (χ4n) is 3.64. The molecule has 1 aromatic heterocycles. The first-order chi connectivity index (χ1) is 13.6. The maximum Gasteiger partial charge on any atom is 0.409 e. The molecule has 0 saturated carbocycles. The smallest absolute Gasteiger partial charge is 0.409 e. The lowest BCUT2D eigenvalue weighted by molar-refractivity contribution is 0.0718. The van der Waals surface area contributed by atoms with E-state index in [0.29, 0.717) is 43.8 Å². The number of pyridine rings is 1. The van der Waals surface area contributed by atoms with E-state index in [-0.39, 0.29) is 23.9 Å². The van der Waals surface area contributed by atoms with Crippen molar-refractivity contribution < 1.29 is 19.1 Å². The van der Waals surface area contributed by atoms with E-state index in [0.717, 1.165) is 32.4 Å². The average Bonchev–Trinajstić information content (AvgIpc) is 2.74. The number of likely N-dealkylation sites (tertiary alicyclic amines) is 2. The predicted octanol–water partition coefficient (Wildman–Crippen LogP) is 2.06. The first-order valence-electron chi connectivity index (χ1n) is 10.1. The Bertz CT molecular complexity index is 710. The number of rotatable bonds is 4. The van der Waals surface area contributed by atoms with Crippen LogP contribution in [0, 0.1) is 0 Å². The van der Waals surface area contributed by atoms with Crippen molar-refractivity contribution in [2.75, 3.05) is 32.8 Å². The molecule has 152 valence electrons. The highest BCUT2D eigenvalue weighted by Crippen LogP contribution is 2.15. The van der Waals surface area contributed by atoms with E-state index in [2.05, 4.69) is 10.3 Å². The molecule has 0 aromatic carbocycles. The van der Waals surface area contributed by atoms with Gasteiger partial charge in [-0.1, -0.05) is 0 Å². The molecule has 3 rings (SSSR count). The van der Waals surface area contributed by atoms with Gasteiger partial charge in [0, 0.05) is 44.0 Å².